The standard InChI is InChI=1S/C22H30BNO4.C16H18BrNO2.C9H19BO3/c1-21(2)22(3,4)28-23(27-21)19-18(14-9-7-8-10-14)16-12-11-15(20(25)26-6)13-17(16)24(19)5;1-18-13-9-11(16(19)20-2)7-8-12(13)14(15(18)17)10-5-3-4-6-10;1-7(2)11-10-12-8(3,4)9(5,6)13-10/h11-14H,7-10H2,1-6H3;7-10H,3-6H2,1-2H3;7H,1-6H3. The number of esters is 2. The van der Waals surface area contributed by atoms with Gasteiger partial charge in [-0.05, 0) is 158 Å². The van der Waals surface area contributed by atoms with Gasteiger partial charge in [-0.3, -0.25) is 0 Å². The van der Waals surface area contributed by atoms with Crippen LogP contribution in [0, 0.1) is 0 Å². The Hall–Kier alpha value is -3.13. The van der Waals surface area contributed by atoms with Crippen LogP contribution in [-0.2, 0) is 46.8 Å². The first-order valence-electron chi connectivity index (χ1n) is 22.0. The van der Waals surface area contributed by atoms with Gasteiger partial charge in [-0.2, -0.15) is 0 Å². The van der Waals surface area contributed by atoms with Crippen LogP contribution in [0.1, 0.15) is 164 Å². The highest BCUT2D eigenvalue weighted by atomic mass is 79.9. The molecule has 61 heavy (non-hydrogen) atoms. The lowest BCUT2D eigenvalue weighted by Gasteiger charge is -2.32. The summed E-state index contributed by atoms with van der Waals surface area (Å²) < 4.78 is 44.7. The first kappa shape index (κ1) is 47.4. The van der Waals surface area contributed by atoms with Gasteiger partial charge in [-0.1, -0.05) is 37.8 Å². The molecule has 0 bridgehead atoms. The van der Waals surface area contributed by atoms with Crippen LogP contribution in [0.3, 0.4) is 0 Å². The molecule has 332 valence electrons. The van der Waals surface area contributed by atoms with Crippen LogP contribution in [0.25, 0.3) is 21.8 Å². The fourth-order valence-electron chi connectivity index (χ4n) is 8.96. The second-order valence-corrected chi connectivity index (χ2v) is 20.1. The molecule has 2 aromatic carbocycles. The molecule has 4 aliphatic rings. The molecule has 4 aromatic rings. The summed E-state index contributed by atoms with van der Waals surface area (Å²) in [7, 11) is 5.97. The van der Waals surface area contributed by atoms with E-state index in [4.69, 9.17) is 32.7 Å². The van der Waals surface area contributed by atoms with Crippen molar-refractivity contribution in [3.8, 4) is 0 Å². The molecule has 2 saturated heterocycles. The van der Waals surface area contributed by atoms with E-state index in [0.717, 1.165) is 21.2 Å². The van der Waals surface area contributed by atoms with Gasteiger partial charge in [0.05, 0.1) is 57.9 Å². The van der Waals surface area contributed by atoms with E-state index >= 15 is 0 Å². The van der Waals surface area contributed by atoms with E-state index in [-0.39, 0.29) is 29.2 Å². The average Bonchev–Trinajstić information content (AvgIpc) is 4.05. The van der Waals surface area contributed by atoms with Crippen LogP contribution in [0.15, 0.2) is 41.0 Å². The summed E-state index contributed by atoms with van der Waals surface area (Å²) in [5.41, 5.74) is 5.70. The van der Waals surface area contributed by atoms with Crippen molar-refractivity contribution >= 4 is 69.7 Å². The fraction of sp³-hybridized carbons (Fsp3) is 0.617. The van der Waals surface area contributed by atoms with Crippen molar-refractivity contribution in [2.45, 2.75) is 161 Å². The molecule has 0 amide bonds. The predicted molar refractivity (Wildman–Crippen MR) is 247 cm³/mol. The third kappa shape index (κ3) is 9.41. The van der Waals surface area contributed by atoms with Gasteiger partial charge in [0.25, 0.3) is 0 Å². The van der Waals surface area contributed by atoms with Crippen LogP contribution in [-0.4, -0.2) is 78.2 Å². The third-order valence-corrected chi connectivity index (χ3v) is 14.9. The fourth-order valence-corrected chi connectivity index (χ4v) is 9.69. The molecule has 0 spiro atoms. The minimum absolute atomic E-state index is 0.120. The highest BCUT2D eigenvalue weighted by Gasteiger charge is 2.54. The molecular formula is C47H67B2BrN2O9. The van der Waals surface area contributed by atoms with Gasteiger partial charge in [0, 0.05) is 42.0 Å². The molecule has 14 heteroatoms. The smallest absolute Gasteiger partial charge is 0.465 e. The van der Waals surface area contributed by atoms with Gasteiger partial charge in [-0.15, -0.1) is 0 Å². The maximum absolute atomic E-state index is 12.1. The van der Waals surface area contributed by atoms with Gasteiger partial charge >= 0.3 is 26.4 Å². The molecule has 0 radical (unpaired) electrons. The van der Waals surface area contributed by atoms with Crippen molar-refractivity contribution in [1.82, 2.24) is 9.13 Å². The van der Waals surface area contributed by atoms with Crippen molar-refractivity contribution in [2.75, 3.05) is 14.2 Å². The number of benzene rings is 2. The van der Waals surface area contributed by atoms with E-state index in [1.54, 1.807) is 0 Å². The van der Waals surface area contributed by atoms with Gasteiger partial charge in [0.1, 0.15) is 0 Å². The highest BCUT2D eigenvalue weighted by molar-refractivity contribution is 9.10. The summed E-state index contributed by atoms with van der Waals surface area (Å²) in [6.45, 7) is 20.3. The second kappa shape index (κ2) is 18.2. The van der Waals surface area contributed by atoms with Crippen LogP contribution >= 0.6 is 15.9 Å². The first-order valence-corrected chi connectivity index (χ1v) is 22.8. The molecule has 0 atom stereocenters. The summed E-state index contributed by atoms with van der Waals surface area (Å²) in [4.78, 5) is 23.7. The molecule has 8 rings (SSSR count). The molecule has 2 aliphatic carbocycles. The Morgan fingerprint density at radius 2 is 1.05 bits per heavy atom. The van der Waals surface area contributed by atoms with Crippen molar-refractivity contribution in [1.29, 1.82) is 0 Å². The van der Waals surface area contributed by atoms with Gasteiger partial charge < -0.3 is 41.9 Å². The maximum atomic E-state index is 12.1. The molecule has 0 N–H and O–H groups in total. The molecule has 11 nitrogen and oxygen atoms in total. The number of methoxy groups -OCH3 is 2. The van der Waals surface area contributed by atoms with Crippen molar-refractivity contribution in [2.24, 2.45) is 14.1 Å². The third-order valence-electron chi connectivity index (χ3n) is 13.9. The van der Waals surface area contributed by atoms with Crippen LogP contribution in [0.4, 0.5) is 0 Å². The summed E-state index contributed by atoms with van der Waals surface area (Å²) in [5, 5.41) is 2.44. The molecule has 4 heterocycles. The Morgan fingerprint density at radius 1 is 0.656 bits per heavy atom. The number of aromatic nitrogens is 2. The maximum Gasteiger partial charge on any atom is 0.640 e. The molecule has 2 aliphatic heterocycles. The minimum Gasteiger partial charge on any atom is -0.465 e. The highest BCUT2D eigenvalue weighted by Crippen LogP contribution is 2.44. The number of carbonyl (C=O) groups excluding carboxylic acids is 2. The number of carbonyl (C=O) groups is 2. The summed E-state index contributed by atoms with van der Waals surface area (Å²) in [5.74, 6) is 0.535. The van der Waals surface area contributed by atoms with E-state index in [9.17, 15) is 9.59 Å². The summed E-state index contributed by atoms with van der Waals surface area (Å²) in [6.07, 6.45) is 10.1. The lowest BCUT2D eigenvalue weighted by Crippen LogP contribution is -2.41. The lowest BCUT2D eigenvalue weighted by atomic mass is 9.77. The predicted octanol–water partition coefficient (Wildman–Crippen LogP) is 10.3. The van der Waals surface area contributed by atoms with E-state index < -0.39 is 25.6 Å². The molecular weight excluding hydrogens is 838 g/mol. The molecule has 0 unspecified atom stereocenters. The largest absolute Gasteiger partial charge is 0.640 e. The summed E-state index contributed by atoms with van der Waals surface area (Å²) in [6, 6.07) is 11.7. The molecule has 2 saturated carbocycles. The number of hydrogen-bond donors (Lipinski definition) is 0. The monoisotopic (exact) mass is 904 g/mol. The van der Waals surface area contributed by atoms with E-state index in [1.807, 2.05) is 79.9 Å². The van der Waals surface area contributed by atoms with Crippen LogP contribution in [0.2, 0.25) is 0 Å². The Labute approximate surface area is 372 Å². The SMILES string of the molecule is CC(C)OB1OC(C)(C)C(C)(C)O1.COC(=O)c1ccc2c(C3CCCC3)c(B3OC(C)(C)C(C)(C)O3)n(C)c2c1.COC(=O)c1ccc2c(C3CCCC3)c(Br)n(C)c2c1. The van der Waals surface area contributed by atoms with Crippen molar-refractivity contribution in [3.05, 3.63) is 63.3 Å². The Kier molecular flexibility index (Phi) is 14.1. The zero-order valence-corrected chi connectivity index (χ0v) is 40.5. The number of fused-ring (bicyclic) bond motifs is 2. The Balaban J connectivity index is 0.000000165. The van der Waals surface area contributed by atoms with Crippen LogP contribution < -0.4 is 5.59 Å². The van der Waals surface area contributed by atoms with Gasteiger partial charge in [0.15, 0.2) is 0 Å². The normalized spacial score (nSPS) is 20.6. The zero-order valence-electron chi connectivity index (χ0n) is 39.0. The van der Waals surface area contributed by atoms with E-state index in [0.29, 0.717) is 23.0 Å². The lowest BCUT2D eigenvalue weighted by molar-refractivity contribution is 0.00578. The topological polar surface area (TPSA) is 109 Å². The number of hydrogen-bond acceptors (Lipinski definition) is 9. The Bertz CT molecular complexity index is 2200. The van der Waals surface area contributed by atoms with Gasteiger partial charge in [-0.25, -0.2) is 9.59 Å². The number of ether oxygens (including phenoxy) is 2. The number of rotatable bonds is 7. The molecule has 4 fully saturated rings. The van der Waals surface area contributed by atoms with E-state index in [1.165, 1.54) is 87.5 Å². The van der Waals surface area contributed by atoms with Crippen LogP contribution in [0.5, 0.6) is 0 Å². The quantitative estimate of drug-likeness (QED) is 0.132. The first-order chi connectivity index (χ1) is 28.5. The minimum atomic E-state index is -0.523. The van der Waals surface area contributed by atoms with Gasteiger partial charge in [0.2, 0.25) is 0 Å². The summed E-state index contributed by atoms with van der Waals surface area (Å²) >= 11 is 3.73. The number of aryl methyl sites for hydroxylation is 2. The van der Waals surface area contributed by atoms with Crippen molar-refractivity contribution in [3.63, 3.8) is 0 Å². The molecule has 2 aromatic heterocycles. The zero-order chi connectivity index (χ0) is 44.8. The van der Waals surface area contributed by atoms with Crippen molar-refractivity contribution < 1.29 is 42.3 Å². The number of halogens is 1. The number of nitrogens with zero attached hydrogens (tertiary/aromatic N) is 2. The second-order valence-electron chi connectivity index (χ2n) is 19.3. The Morgan fingerprint density at radius 3 is 1.48 bits per heavy atom. The van der Waals surface area contributed by atoms with E-state index in [2.05, 4.69) is 64.9 Å². The average molecular weight is 906 g/mol.